The predicted octanol–water partition coefficient (Wildman–Crippen LogP) is 6.03. The third-order valence-electron chi connectivity index (χ3n) is 10.8. The van der Waals surface area contributed by atoms with E-state index in [9.17, 15) is 18.4 Å². The first-order valence-corrected chi connectivity index (χ1v) is 18.0. The molecule has 0 radical (unpaired) electrons. The molecular weight excluding hydrogens is 643 g/mol. The minimum absolute atomic E-state index is 0.0137. The molecule has 6 rings (SSSR count). The fourth-order valence-corrected chi connectivity index (χ4v) is 7.79. The summed E-state index contributed by atoms with van der Waals surface area (Å²) in [5.74, 6) is -0.135. The van der Waals surface area contributed by atoms with Crippen LogP contribution in [0.1, 0.15) is 71.8 Å². The van der Waals surface area contributed by atoms with Crippen LogP contribution in [0.3, 0.4) is 0 Å². The van der Waals surface area contributed by atoms with Gasteiger partial charge in [-0.05, 0) is 61.8 Å². The molecule has 0 spiro atoms. The maximum atomic E-state index is 15.3. The first kappa shape index (κ1) is 35.9. The van der Waals surface area contributed by atoms with Crippen LogP contribution in [0, 0.1) is 11.7 Å². The Kier molecular flexibility index (Phi) is 10.3. The highest BCUT2D eigenvalue weighted by atomic mass is 19.1. The SMILES string of the molecule is CC[C@H](N)C(=O)N1C[C@@H](F)C[C@H]1Cc1c(-c2nc3cc(F)ccc3n2C[C@@H]2C[C@H](F)CN2C(=O)[C@](N)(CC)CCC(C)C)[nH]c2ccccc12. The zero-order valence-corrected chi connectivity index (χ0v) is 29.5. The van der Waals surface area contributed by atoms with Crippen LogP contribution >= 0.6 is 0 Å². The number of halogens is 3. The summed E-state index contributed by atoms with van der Waals surface area (Å²) in [6.45, 7) is 8.04. The minimum Gasteiger partial charge on any atom is -0.352 e. The van der Waals surface area contributed by atoms with Gasteiger partial charge in [-0.3, -0.25) is 9.59 Å². The molecule has 0 saturated carbocycles. The number of hydrogen-bond acceptors (Lipinski definition) is 5. The lowest BCUT2D eigenvalue weighted by Crippen LogP contribution is -2.56. The van der Waals surface area contributed by atoms with Crippen LogP contribution in [0.25, 0.3) is 33.5 Å². The molecular formula is C38H50F3N7O2. The van der Waals surface area contributed by atoms with Gasteiger partial charge in [0, 0.05) is 42.4 Å². The molecule has 50 heavy (non-hydrogen) atoms. The number of hydrogen-bond donors (Lipinski definition) is 3. The second kappa shape index (κ2) is 14.4. The highest BCUT2D eigenvalue weighted by Gasteiger charge is 2.44. The van der Waals surface area contributed by atoms with E-state index >= 15 is 4.39 Å². The van der Waals surface area contributed by atoms with E-state index in [1.807, 2.05) is 42.7 Å². The van der Waals surface area contributed by atoms with Gasteiger partial charge in [0.2, 0.25) is 11.8 Å². The number of fused-ring (bicyclic) bond motifs is 2. The monoisotopic (exact) mass is 693 g/mol. The van der Waals surface area contributed by atoms with Crippen molar-refractivity contribution in [3.05, 3.63) is 53.8 Å². The summed E-state index contributed by atoms with van der Waals surface area (Å²) in [7, 11) is 0. The number of carbonyl (C=O) groups is 2. The molecule has 270 valence electrons. The third-order valence-corrected chi connectivity index (χ3v) is 10.8. The summed E-state index contributed by atoms with van der Waals surface area (Å²) in [5, 5.41) is 0.893. The molecule has 2 aromatic heterocycles. The largest absolute Gasteiger partial charge is 0.352 e. The number of nitrogens with two attached hydrogens (primary N) is 2. The number of para-hydroxylation sites is 1. The Labute approximate surface area is 291 Å². The summed E-state index contributed by atoms with van der Waals surface area (Å²) in [4.78, 5) is 38.9. The van der Waals surface area contributed by atoms with E-state index in [4.69, 9.17) is 16.5 Å². The van der Waals surface area contributed by atoms with E-state index in [2.05, 4.69) is 18.8 Å². The van der Waals surface area contributed by atoms with Crippen molar-refractivity contribution in [3.63, 3.8) is 0 Å². The number of amides is 2. The average molecular weight is 694 g/mol. The first-order chi connectivity index (χ1) is 23.8. The highest BCUT2D eigenvalue weighted by molar-refractivity contribution is 5.92. The van der Waals surface area contributed by atoms with Gasteiger partial charge >= 0.3 is 0 Å². The van der Waals surface area contributed by atoms with Crippen LogP contribution in [0.2, 0.25) is 0 Å². The number of imidazole rings is 1. The average Bonchev–Trinajstić information content (AvgIpc) is 3.85. The minimum atomic E-state index is -1.22. The molecule has 0 unspecified atom stereocenters. The van der Waals surface area contributed by atoms with Crippen molar-refractivity contribution in [2.75, 3.05) is 13.1 Å². The van der Waals surface area contributed by atoms with Gasteiger partial charge in [0.1, 0.15) is 18.2 Å². The Hall–Kier alpha value is -3.90. The van der Waals surface area contributed by atoms with Gasteiger partial charge in [0.05, 0.1) is 47.4 Å². The van der Waals surface area contributed by atoms with Gasteiger partial charge < -0.3 is 30.8 Å². The van der Waals surface area contributed by atoms with Crippen molar-refractivity contribution >= 4 is 33.8 Å². The summed E-state index contributed by atoms with van der Waals surface area (Å²) in [6, 6.07) is 10.4. The van der Waals surface area contributed by atoms with E-state index in [-0.39, 0.29) is 44.3 Å². The van der Waals surface area contributed by atoms with Crippen molar-refractivity contribution in [2.45, 2.75) is 115 Å². The number of likely N-dealkylation sites (tertiary alicyclic amines) is 2. The number of rotatable bonds is 12. The molecule has 5 N–H and O–H groups in total. The number of alkyl halides is 2. The quantitative estimate of drug-likeness (QED) is 0.167. The molecule has 0 bridgehead atoms. The molecule has 2 fully saturated rings. The van der Waals surface area contributed by atoms with E-state index in [0.29, 0.717) is 54.2 Å². The Morgan fingerprint density at radius 2 is 1.74 bits per heavy atom. The van der Waals surface area contributed by atoms with E-state index in [0.717, 1.165) is 22.9 Å². The van der Waals surface area contributed by atoms with Crippen LogP contribution < -0.4 is 11.5 Å². The first-order valence-electron chi connectivity index (χ1n) is 18.0. The Morgan fingerprint density at radius 1 is 1.04 bits per heavy atom. The molecule has 2 aromatic carbocycles. The second-order valence-corrected chi connectivity index (χ2v) is 14.8. The summed E-state index contributed by atoms with van der Waals surface area (Å²) in [5.41, 5.74) is 15.1. The van der Waals surface area contributed by atoms with Gasteiger partial charge in [-0.2, -0.15) is 0 Å². The van der Waals surface area contributed by atoms with Gasteiger partial charge in [-0.1, -0.05) is 45.9 Å². The molecule has 4 aromatic rings. The normalized spacial score (nSPS) is 23.0. The summed E-state index contributed by atoms with van der Waals surface area (Å²) >= 11 is 0. The zero-order chi connectivity index (χ0) is 35.9. The van der Waals surface area contributed by atoms with Gasteiger partial charge in [-0.25, -0.2) is 18.2 Å². The molecule has 12 heteroatoms. The number of aromatic amines is 1. The smallest absolute Gasteiger partial charge is 0.243 e. The fraction of sp³-hybridized carbons (Fsp3) is 0.553. The lowest BCUT2D eigenvalue weighted by atomic mass is 9.87. The molecule has 0 aliphatic carbocycles. The van der Waals surface area contributed by atoms with Crippen molar-refractivity contribution in [1.82, 2.24) is 24.3 Å². The number of nitrogens with zero attached hydrogens (tertiary/aromatic N) is 4. The standard InChI is InChI=1S/C38H50F3N7O2/c1-5-30(42)36(49)46-19-24(40)15-26(46)18-29-28-9-7-8-10-31(28)44-34(29)35-45-32-17-23(39)11-12-33(32)48(35)21-27-16-25(41)20-47(27)37(50)38(43,6-2)14-13-22(3)4/h7-12,17,22,24-27,30,44H,5-6,13-16,18-21,42-43H2,1-4H3/t24-,25-,26-,27-,30-,38-/m0/s1. The molecule has 2 amide bonds. The Balaban J connectivity index is 1.43. The molecule has 6 atom stereocenters. The predicted molar refractivity (Wildman–Crippen MR) is 190 cm³/mol. The third kappa shape index (κ3) is 6.88. The Morgan fingerprint density at radius 3 is 2.44 bits per heavy atom. The molecule has 2 aliphatic heterocycles. The number of H-pyrrole nitrogens is 1. The lowest BCUT2D eigenvalue weighted by molar-refractivity contribution is -0.139. The summed E-state index contributed by atoms with van der Waals surface area (Å²) in [6.07, 6.45) is 0.396. The van der Waals surface area contributed by atoms with Crippen molar-refractivity contribution in [2.24, 2.45) is 17.4 Å². The van der Waals surface area contributed by atoms with Crippen LogP contribution in [0.15, 0.2) is 42.5 Å². The van der Waals surface area contributed by atoms with Gasteiger partial charge in [-0.15, -0.1) is 0 Å². The molecule has 9 nitrogen and oxygen atoms in total. The number of carbonyl (C=O) groups excluding carboxylic acids is 2. The maximum absolute atomic E-state index is 15.3. The van der Waals surface area contributed by atoms with Crippen LogP contribution in [-0.2, 0) is 22.6 Å². The van der Waals surface area contributed by atoms with Gasteiger partial charge in [0.25, 0.3) is 0 Å². The van der Waals surface area contributed by atoms with Crippen LogP contribution in [-0.4, -0.2) is 85.2 Å². The van der Waals surface area contributed by atoms with Crippen molar-refractivity contribution in [3.8, 4) is 11.5 Å². The Bertz CT molecular complexity index is 1860. The molecule has 2 saturated heterocycles. The van der Waals surface area contributed by atoms with Crippen LogP contribution in [0.5, 0.6) is 0 Å². The van der Waals surface area contributed by atoms with Gasteiger partial charge in [0.15, 0.2) is 5.82 Å². The summed E-state index contributed by atoms with van der Waals surface area (Å²) < 4.78 is 46.8. The van der Waals surface area contributed by atoms with E-state index in [1.54, 1.807) is 15.9 Å². The number of nitrogens with one attached hydrogen (secondary N) is 1. The topological polar surface area (TPSA) is 126 Å². The van der Waals surface area contributed by atoms with E-state index in [1.165, 1.54) is 12.1 Å². The fourth-order valence-electron chi connectivity index (χ4n) is 7.79. The molecule has 2 aliphatic rings. The van der Waals surface area contributed by atoms with Crippen molar-refractivity contribution < 1.29 is 22.8 Å². The van der Waals surface area contributed by atoms with Crippen molar-refractivity contribution in [1.29, 1.82) is 0 Å². The maximum Gasteiger partial charge on any atom is 0.243 e. The zero-order valence-electron chi connectivity index (χ0n) is 29.5. The second-order valence-electron chi connectivity index (χ2n) is 14.8. The molecule has 4 heterocycles. The number of benzene rings is 2. The lowest BCUT2D eigenvalue weighted by Gasteiger charge is -2.35. The highest BCUT2D eigenvalue weighted by Crippen LogP contribution is 2.37. The van der Waals surface area contributed by atoms with E-state index < -0.39 is 41.8 Å². The number of aromatic nitrogens is 3. The van der Waals surface area contributed by atoms with Crippen LogP contribution in [0.4, 0.5) is 13.2 Å².